The average molecular weight is 284 g/mol. The monoisotopic (exact) mass is 283 g/mol. The van der Waals surface area contributed by atoms with Crippen LogP contribution in [0.25, 0.3) is 0 Å². The number of hydrogen-bond acceptors (Lipinski definition) is 2. The van der Waals surface area contributed by atoms with Gasteiger partial charge in [0.2, 0.25) is 0 Å². The van der Waals surface area contributed by atoms with E-state index >= 15 is 0 Å². The Morgan fingerprint density at radius 2 is 1.89 bits per heavy atom. The standard InChI is InChI=1S/C10H6ClF4NO2/c11-4-1-5(12)7(6(13)2-4)8-10(14,15)3-18-9(17)16-8/h1-2,8H,3H2,(H,16,17)/t8-/m1/s1. The molecule has 1 saturated heterocycles. The van der Waals surface area contributed by atoms with Crippen LogP contribution in [0.1, 0.15) is 11.6 Å². The van der Waals surface area contributed by atoms with E-state index < -0.39 is 41.9 Å². The first-order chi connectivity index (χ1) is 8.31. The summed E-state index contributed by atoms with van der Waals surface area (Å²) in [6.07, 6.45) is -1.17. The highest BCUT2D eigenvalue weighted by molar-refractivity contribution is 6.30. The fourth-order valence-electron chi connectivity index (χ4n) is 1.62. The molecule has 0 bridgehead atoms. The number of amides is 1. The van der Waals surface area contributed by atoms with Gasteiger partial charge in [-0.25, -0.2) is 22.4 Å². The number of carbonyl (C=O) groups is 1. The highest BCUT2D eigenvalue weighted by Gasteiger charge is 2.49. The molecule has 98 valence electrons. The minimum absolute atomic E-state index is 0.268. The van der Waals surface area contributed by atoms with Crippen molar-refractivity contribution in [3.8, 4) is 0 Å². The summed E-state index contributed by atoms with van der Waals surface area (Å²) in [4.78, 5) is 10.9. The van der Waals surface area contributed by atoms with Crippen molar-refractivity contribution < 1.29 is 27.1 Å². The molecule has 0 spiro atoms. The fourth-order valence-corrected chi connectivity index (χ4v) is 1.81. The molecule has 0 saturated carbocycles. The molecule has 1 fully saturated rings. The SMILES string of the molecule is O=C1N[C@H](c2c(F)cc(Cl)cc2F)C(F)(F)CO1. The second-order valence-corrected chi connectivity index (χ2v) is 4.13. The van der Waals surface area contributed by atoms with Gasteiger partial charge >= 0.3 is 12.0 Å². The van der Waals surface area contributed by atoms with Gasteiger partial charge in [-0.2, -0.15) is 0 Å². The Labute approximate surface area is 104 Å². The number of rotatable bonds is 1. The van der Waals surface area contributed by atoms with Gasteiger partial charge in [0.05, 0.1) is 5.56 Å². The molecule has 1 atom stereocenters. The zero-order chi connectivity index (χ0) is 13.5. The topological polar surface area (TPSA) is 38.3 Å². The third-order valence-corrected chi connectivity index (χ3v) is 2.63. The van der Waals surface area contributed by atoms with Gasteiger partial charge in [0, 0.05) is 5.02 Å². The normalized spacial score (nSPS) is 22.3. The lowest BCUT2D eigenvalue weighted by Crippen LogP contribution is -2.50. The van der Waals surface area contributed by atoms with Crippen molar-refractivity contribution in [2.24, 2.45) is 0 Å². The molecule has 1 aliphatic rings. The van der Waals surface area contributed by atoms with Crippen molar-refractivity contribution in [3.63, 3.8) is 0 Å². The number of halogens is 5. The molecule has 0 radical (unpaired) electrons. The molecule has 2 rings (SSSR count). The van der Waals surface area contributed by atoms with Gasteiger partial charge in [-0.3, -0.25) is 0 Å². The summed E-state index contributed by atoms with van der Waals surface area (Å²) in [7, 11) is 0. The van der Waals surface area contributed by atoms with E-state index in [-0.39, 0.29) is 5.02 Å². The predicted molar refractivity (Wildman–Crippen MR) is 53.5 cm³/mol. The van der Waals surface area contributed by atoms with E-state index in [9.17, 15) is 22.4 Å². The summed E-state index contributed by atoms with van der Waals surface area (Å²) < 4.78 is 58.1. The number of alkyl halides is 2. The van der Waals surface area contributed by atoms with Crippen molar-refractivity contribution in [2.75, 3.05) is 6.61 Å². The van der Waals surface area contributed by atoms with Crippen LogP contribution in [0.15, 0.2) is 12.1 Å². The molecule has 0 aromatic heterocycles. The third-order valence-electron chi connectivity index (χ3n) is 2.41. The Morgan fingerprint density at radius 1 is 1.33 bits per heavy atom. The average Bonchev–Trinajstić information content (AvgIpc) is 2.22. The second-order valence-electron chi connectivity index (χ2n) is 3.70. The Hall–Kier alpha value is -1.50. The summed E-state index contributed by atoms with van der Waals surface area (Å²) in [6, 6.07) is -0.744. The molecule has 1 aromatic carbocycles. The molecule has 1 aromatic rings. The molecule has 1 heterocycles. The zero-order valence-corrected chi connectivity index (χ0v) is 9.40. The minimum Gasteiger partial charge on any atom is -0.443 e. The van der Waals surface area contributed by atoms with E-state index in [1.165, 1.54) is 0 Å². The van der Waals surface area contributed by atoms with Crippen LogP contribution in [0.2, 0.25) is 5.02 Å². The van der Waals surface area contributed by atoms with Gasteiger partial charge in [0.25, 0.3) is 0 Å². The summed E-state index contributed by atoms with van der Waals surface area (Å²) >= 11 is 5.38. The van der Waals surface area contributed by atoms with Crippen LogP contribution in [0.4, 0.5) is 22.4 Å². The Balaban J connectivity index is 2.49. The maximum absolute atomic E-state index is 13.5. The van der Waals surface area contributed by atoms with E-state index in [1.807, 2.05) is 0 Å². The van der Waals surface area contributed by atoms with Gasteiger partial charge in [0.1, 0.15) is 17.7 Å². The first-order valence-electron chi connectivity index (χ1n) is 4.77. The van der Waals surface area contributed by atoms with Crippen LogP contribution < -0.4 is 5.32 Å². The van der Waals surface area contributed by atoms with E-state index in [1.54, 1.807) is 5.32 Å². The molecule has 8 heteroatoms. The molecule has 0 aliphatic carbocycles. The molecular formula is C10H6ClF4NO2. The summed E-state index contributed by atoms with van der Waals surface area (Å²) in [6.45, 7) is -1.25. The number of carbonyl (C=O) groups excluding carboxylic acids is 1. The lowest BCUT2D eigenvalue weighted by atomic mass is 9.99. The van der Waals surface area contributed by atoms with Crippen molar-refractivity contribution >= 4 is 17.7 Å². The number of ether oxygens (including phenoxy) is 1. The summed E-state index contributed by atoms with van der Waals surface area (Å²) in [5, 5.41) is 1.42. The molecule has 0 unspecified atom stereocenters. The van der Waals surface area contributed by atoms with Crippen LogP contribution in [0.3, 0.4) is 0 Å². The number of alkyl carbamates (subject to hydrolysis) is 1. The summed E-state index contributed by atoms with van der Waals surface area (Å²) in [5.41, 5.74) is -0.943. The van der Waals surface area contributed by atoms with Gasteiger partial charge < -0.3 is 10.1 Å². The van der Waals surface area contributed by atoms with Gasteiger partial charge in [0.15, 0.2) is 6.61 Å². The van der Waals surface area contributed by atoms with E-state index in [2.05, 4.69) is 4.74 Å². The van der Waals surface area contributed by atoms with Gasteiger partial charge in [-0.05, 0) is 12.1 Å². The molecule has 18 heavy (non-hydrogen) atoms. The Kier molecular flexibility index (Phi) is 3.10. The maximum atomic E-state index is 13.5. The number of cyclic esters (lactones) is 1. The Morgan fingerprint density at radius 3 is 2.44 bits per heavy atom. The molecule has 1 amide bonds. The van der Waals surface area contributed by atoms with Crippen LogP contribution >= 0.6 is 11.6 Å². The zero-order valence-electron chi connectivity index (χ0n) is 8.65. The van der Waals surface area contributed by atoms with Crippen LogP contribution in [0.5, 0.6) is 0 Å². The van der Waals surface area contributed by atoms with Gasteiger partial charge in [-0.1, -0.05) is 11.6 Å². The van der Waals surface area contributed by atoms with Crippen molar-refractivity contribution in [2.45, 2.75) is 12.0 Å². The van der Waals surface area contributed by atoms with Crippen LogP contribution in [0, 0.1) is 11.6 Å². The highest BCUT2D eigenvalue weighted by Crippen LogP contribution is 2.37. The van der Waals surface area contributed by atoms with Gasteiger partial charge in [-0.15, -0.1) is 0 Å². The molecular weight excluding hydrogens is 278 g/mol. The minimum atomic E-state index is -3.62. The highest BCUT2D eigenvalue weighted by atomic mass is 35.5. The number of nitrogens with one attached hydrogen (secondary N) is 1. The predicted octanol–water partition coefficient (Wildman–Crippen LogP) is 3.03. The van der Waals surface area contributed by atoms with Crippen molar-refractivity contribution in [3.05, 3.63) is 34.4 Å². The third kappa shape index (κ3) is 2.22. The molecule has 3 nitrogen and oxygen atoms in total. The van der Waals surface area contributed by atoms with Crippen molar-refractivity contribution in [1.29, 1.82) is 0 Å². The smallest absolute Gasteiger partial charge is 0.408 e. The Bertz CT molecular complexity index is 486. The van der Waals surface area contributed by atoms with Crippen molar-refractivity contribution in [1.82, 2.24) is 5.32 Å². The largest absolute Gasteiger partial charge is 0.443 e. The lowest BCUT2D eigenvalue weighted by Gasteiger charge is -2.32. The fraction of sp³-hybridized carbons (Fsp3) is 0.300. The first kappa shape index (κ1) is 12.9. The first-order valence-corrected chi connectivity index (χ1v) is 5.14. The lowest BCUT2D eigenvalue weighted by molar-refractivity contribution is -0.105. The van der Waals surface area contributed by atoms with E-state index in [4.69, 9.17) is 11.6 Å². The van der Waals surface area contributed by atoms with E-state index in [0.717, 1.165) is 0 Å². The van der Waals surface area contributed by atoms with E-state index in [0.29, 0.717) is 12.1 Å². The quantitative estimate of drug-likeness (QED) is 0.805. The number of benzene rings is 1. The number of hydrogen-bond donors (Lipinski definition) is 1. The second kappa shape index (κ2) is 4.31. The molecule has 1 N–H and O–H groups in total. The molecule has 1 aliphatic heterocycles. The van der Waals surface area contributed by atoms with Crippen LogP contribution in [-0.4, -0.2) is 18.6 Å². The summed E-state index contributed by atoms with van der Waals surface area (Å²) in [5.74, 6) is -6.14. The van der Waals surface area contributed by atoms with Crippen LogP contribution in [-0.2, 0) is 4.74 Å². The maximum Gasteiger partial charge on any atom is 0.408 e.